The van der Waals surface area contributed by atoms with E-state index in [1.807, 2.05) is 39.5 Å². The Balaban J connectivity index is 1.30. The highest BCUT2D eigenvalue weighted by molar-refractivity contribution is 7.99. The minimum atomic E-state index is 0.0571. The van der Waals surface area contributed by atoms with Crippen LogP contribution < -0.4 is 0 Å². The van der Waals surface area contributed by atoms with Gasteiger partial charge in [0.2, 0.25) is 11.8 Å². The Kier molecular flexibility index (Phi) is 7.73. The molecule has 1 saturated heterocycles. The standard InChI is InChI=1S/C25H35N5O2S/c1-18-8-4-7-11-22(18)30-20(3)26-27-25(30)33-17-24(32)28-14-15-29(19(2)16-28)23(31)13-12-21-9-5-6-10-21/h4,7-8,11,19,21H,5-6,9-10,12-17H2,1-3H3. The number of para-hydroxylation sites is 1. The van der Waals surface area contributed by atoms with Crippen molar-refractivity contribution in [1.82, 2.24) is 24.6 Å². The lowest BCUT2D eigenvalue weighted by atomic mass is 10.0. The van der Waals surface area contributed by atoms with Crippen LogP contribution in [0.15, 0.2) is 29.4 Å². The molecule has 1 aliphatic heterocycles. The number of carbonyl (C=O) groups is 2. The smallest absolute Gasteiger partial charge is 0.233 e. The number of hydrogen-bond acceptors (Lipinski definition) is 5. The topological polar surface area (TPSA) is 71.3 Å². The first-order valence-electron chi connectivity index (χ1n) is 12.1. The van der Waals surface area contributed by atoms with E-state index in [-0.39, 0.29) is 17.9 Å². The fraction of sp³-hybridized carbons (Fsp3) is 0.600. The second-order valence-corrected chi connectivity index (χ2v) is 10.3. The van der Waals surface area contributed by atoms with E-state index in [1.54, 1.807) is 0 Å². The molecule has 2 aromatic rings. The molecule has 2 heterocycles. The number of carbonyl (C=O) groups excluding carboxylic acids is 2. The van der Waals surface area contributed by atoms with Gasteiger partial charge in [0.25, 0.3) is 0 Å². The number of thioether (sulfide) groups is 1. The van der Waals surface area contributed by atoms with E-state index < -0.39 is 0 Å². The molecular weight excluding hydrogens is 434 g/mol. The Labute approximate surface area is 200 Å². The number of benzene rings is 1. The van der Waals surface area contributed by atoms with Gasteiger partial charge in [-0.25, -0.2) is 0 Å². The van der Waals surface area contributed by atoms with Crippen LogP contribution in [0.4, 0.5) is 0 Å². The molecule has 0 bridgehead atoms. The third-order valence-corrected chi connectivity index (χ3v) is 7.93. The number of piperazine rings is 1. The molecule has 1 aromatic carbocycles. The Morgan fingerprint density at radius 2 is 1.82 bits per heavy atom. The molecule has 7 nitrogen and oxygen atoms in total. The van der Waals surface area contributed by atoms with E-state index >= 15 is 0 Å². The largest absolute Gasteiger partial charge is 0.338 e. The third kappa shape index (κ3) is 5.60. The molecule has 2 fully saturated rings. The molecule has 1 unspecified atom stereocenters. The molecule has 1 saturated carbocycles. The van der Waals surface area contributed by atoms with Gasteiger partial charge < -0.3 is 9.80 Å². The summed E-state index contributed by atoms with van der Waals surface area (Å²) < 4.78 is 2.01. The molecule has 1 aliphatic carbocycles. The summed E-state index contributed by atoms with van der Waals surface area (Å²) in [5.74, 6) is 2.18. The highest BCUT2D eigenvalue weighted by Gasteiger charge is 2.30. The summed E-state index contributed by atoms with van der Waals surface area (Å²) >= 11 is 1.42. The number of hydrogen-bond donors (Lipinski definition) is 0. The Bertz CT molecular complexity index is 985. The van der Waals surface area contributed by atoms with Gasteiger partial charge in [0.1, 0.15) is 5.82 Å². The Morgan fingerprint density at radius 1 is 1.06 bits per heavy atom. The third-order valence-electron chi connectivity index (χ3n) is 7.02. The van der Waals surface area contributed by atoms with Crippen molar-refractivity contribution < 1.29 is 9.59 Å². The van der Waals surface area contributed by atoms with Crippen molar-refractivity contribution >= 4 is 23.6 Å². The predicted molar refractivity (Wildman–Crippen MR) is 131 cm³/mol. The van der Waals surface area contributed by atoms with Crippen molar-refractivity contribution in [3.63, 3.8) is 0 Å². The molecule has 2 aliphatic rings. The Hall–Kier alpha value is -2.35. The summed E-state index contributed by atoms with van der Waals surface area (Å²) in [6.45, 7) is 7.86. The van der Waals surface area contributed by atoms with Gasteiger partial charge in [-0.1, -0.05) is 55.6 Å². The highest BCUT2D eigenvalue weighted by Crippen LogP contribution is 2.29. The first-order valence-corrected chi connectivity index (χ1v) is 13.1. The molecule has 8 heteroatoms. The fourth-order valence-corrected chi connectivity index (χ4v) is 5.96. The lowest BCUT2D eigenvalue weighted by Crippen LogP contribution is -2.55. The van der Waals surface area contributed by atoms with Crippen LogP contribution in [0.25, 0.3) is 5.69 Å². The molecule has 2 amide bonds. The number of rotatable bonds is 7. The average molecular weight is 470 g/mol. The first-order chi connectivity index (χ1) is 15.9. The van der Waals surface area contributed by atoms with E-state index in [0.29, 0.717) is 31.8 Å². The summed E-state index contributed by atoms with van der Waals surface area (Å²) in [5, 5.41) is 9.27. The summed E-state index contributed by atoms with van der Waals surface area (Å²) in [6.07, 6.45) is 6.85. The van der Waals surface area contributed by atoms with Gasteiger partial charge in [0.15, 0.2) is 5.16 Å². The van der Waals surface area contributed by atoms with Gasteiger partial charge >= 0.3 is 0 Å². The molecule has 178 valence electrons. The summed E-state index contributed by atoms with van der Waals surface area (Å²) in [5.41, 5.74) is 2.17. The zero-order valence-electron chi connectivity index (χ0n) is 20.0. The van der Waals surface area contributed by atoms with Crippen molar-refractivity contribution in [3.8, 4) is 5.69 Å². The van der Waals surface area contributed by atoms with Gasteiger partial charge in [-0.05, 0) is 44.7 Å². The molecule has 0 N–H and O–H groups in total. The van der Waals surface area contributed by atoms with E-state index in [9.17, 15) is 9.59 Å². The first kappa shape index (κ1) is 23.8. The second kappa shape index (κ2) is 10.7. The number of aromatic nitrogens is 3. The maximum Gasteiger partial charge on any atom is 0.233 e. The number of amides is 2. The van der Waals surface area contributed by atoms with Crippen LogP contribution in [-0.2, 0) is 9.59 Å². The fourth-order valence-electron chi connectivity index (χ4n) is 5.07. The van der Waals surface area contributed by atoms with E-state index in [2.05, 4.69) is 30.1 Å². The van der Waals surface area contributed by atoms with Crippen molar-refractivity contribution in [2.24, 2.45) is 5.92 Å². The van der Waals surface area contributed by atoms with Crippen LogP contribution in [0.3, 0.4) is 0 Å². The van der Waals surface area contributed by atoms with Crippen LogP contribution in [-0.4, -0.2) is 67.8 Å². The lowest BCUT2D eigenvalue weighted by molar-refractivity contribution is -0.141. The van der Waals surface area contributed by atoms with Crippen molar-refractivity contribution in [1.29, 1.82) is 0 Å². The minimum absolute atomic E-state index is 0.0571. The van der Waals surface area contributed by atoms with Gasteiger partial charge in [-0.2, -0.15) is 0 Å². The normalized spacial score (nSPS) is 19.3. The quantitative estimate of drug-likeness (QED) is 0.573. The molecule has 1 atom stereocenters. The van der Waals surface area contributed by atoms with Crippen LogP contribution in [0.2, 0.25) is 0 Å². The predicted octanol–water partition coefficient (Wildman–Crippen LogP) is 4.01. The number of aryl methyl sites for hydroxylation is 2. The molecule has 0 spiro atoms. The van der Waals surface area contributed by atoms with E-state index in [1.165, 1.54) is 37.4 Å². The summed E-state index contributed by atoms with van der Waals surface area (Å²) in [4.78, 5) is 29.6. The zero-order valence-corrected chi connectivity index (χ0v) is 20.8. The van der Waals surface area contributed by atoms with Crippen LogP contribution in [0, 0.1) is 19.8 Å². The van der Waals surface area contributed by atoms with Crippen LogP contribution in [0.1, 0.15) is 56.8 Å². The minimum Gasteiger partial charge on any atom is -0.338 e. The zero-order chi connectivity index (χ0) is 23.4. The lowest BCUT2D eigenvalue weighted by Gasteiger charge is -2.40. The summed E-state index contributed by atoms with van der Waals surface area (Å²) in [7, 11) is 0. The van der Waals surface area contributed by atoms with Crippen LogP contribution in [0.5, 0.6) is 0 Å². The van der Waals surface area contributed by atoms with E-state index in [0.717, 1.165) is 34.6 Å². The van der Waals surface area contributed by atoms with Gasteiger partial charge in [-0.3, -0.25) is 14.2 Å². The monoisotopic (exact) mass is 469 g/mol. The van der Waals surface area contributed by atoms with Gasteiger partial charge in [0.05, 0.1) is 11.4 Å². The van der Waals surface area contributed by atoms with Crippen molar-refractivity contribution in [2.45, 2.75) is 70.5 Å². The maximum absolute atomic E-state index is 13.0. The highest BCUT2D eigenvalue weighted by atomic mass is 32.2. The molecule has 1 aromatic heterocycles. The maximum atomic E-state index is 13.0. The number of nitrogens with zero attached hydrogens (tertiary/aromatic N) is 5. The van der Waals surface area contributed by atoms with Crippen molar-refractivity contribution in [2.75, 3.05) is 25.4 Å². The van der Waals surface area contributed by atoms with E-state index in [4.69, 9.17) is 0 Å². The molecule has 33 heavy (non-hydrogen) atoms. The molecule has 0 radical (unpaired) electrons. The summed E-state index contributed by atoms with van der Waals surface area (Å²) in [6, 6.07) is 8.17. The van der Waals surface area contributed by atoms with Gasteiger partial charge in [-0.15, -0.1) is 10.2 Å². The SMILES string of the molecule is Cc1ccccc1-n1c(C)nnc1SCC(=O)N1CCN(C(=O)CCC2CCCC2)C(C)C1. The second-order valence-electron chi connectivity index (χ2n) is 9.41. The average Bonchev–Trinajstić information content (AvgIpc) is 3.46. The molecular formula is C25H35N5O2S. The van der Waals surface area contributed by atoms with Crippen LogP contribution >= 0.6 is 11.8 Å². The van der Waals surface area contributed by atoms with Gasteiger partial charge in [0, 0.05) is 32.1 Å². The van der Waals surface area contributed by atoms with Crippen molar-refractivity contribution in [3.05, 3.63) is 35.7 Å². The Morgan fingerprint density at radius 3 is 2.55 bits per heavy atom. The molecule has 4 rings (SSSR count).